The van der Waals surface area contributed by atoms with E-state index in [1.807, 2.05) is 25.2 Å². The maximum Gasteiger partial charge on any atom is 0.165 e. The van der Waals surface area contributed by atoms with Crippen LogP contribution in [-0.2, 0) is 13.2 Å². The average molecular weight is 343 g/mol. The van der Waals surface area contributed by atoms with Crippen LogP contribution in [0.5, 0.6) is 11.5 Å². The summed E-state index contributed by atoms with van der Waals surface area (Å²) in [5.41, 5.74) is 4.75. The van der Waals surface area contributed by atoms with Gasteiger partial charge in [-0.05, 0) is 41.9 Å². The zero-order valence-corrected chi connectivity index (χ0v) is 14.8. The van der Waals surface area contributed by atoms with Crippen molar-refractivity contribution in [3.05, 3.63) is 47.0 Å². The highest BCUT2D eigenvalue weighted by molar-refractivity contribution is 5.77. The van der Waals surface area contributed by atoms with Crippen LogP contribution in [0.4, 0.5) is 11.4 Å². The van der Waals surface area contributed by atoms with Gasteiger partial charge in [0.15, 0.2) is 5.75 Å². The number of aliphatic hydroxyl groups is 1. The smallest absolute Gasteiger partial charge is 0.165 e. The molecule has 2 aromatic carbocycles. The van der Waals surface area contributed by atoms with Crippen molar-refractivity contribution in [3.8, 4) is 11.5 Å². The second-order valence-corrected chi connectivity index (χ2v) is 6.36. The van der Waals surface area contributed by atoms with Gasteiger partial charge in [0.1, 0.15) is 5.75 Å². The van der Waals surface area contributed by atoms with Crippen molar-refractivity contribution in [1.82, 2.24) is 4.90 Å². The highest BCUT2D eigenvalue weighted by atomic mass is 16.5. The van der Waals surface area contributed by atoms with Gasteiger partial charge in [-0.25, -0.2) is 0 Å². The maximum atomic E-state index is 9.83. The number of nitrogens with one attached hydrogen (secondary N) is 2. The normalized spacial score (nSPS) is 17.4. The monoisotopic (exact) mass is 343 g/mol. The maximum absolute atomic E-state index is 9.83. The molecule has 0 amide bonds. The van der Waals surface area contributed by atoms with Gasteiger partial charge < -0.3 is 25.6 Å². The summed E-state index contributed by atoms with van der Waals surface area (Å²) < 4.78 is 5.66. The van der Waals surface area contributed by atoms with Crippen LogP contribution >= 0.6 is 0 Å². The predicted octanol–water partition coefficient (Wildman–Crippen LogP) is 2.53. The van der Waals surface area contributed by atoms with E-state index in [2.05, 4.69) is 22.6 Å². The average Bonchev–Trinajstić information content (AvgIpc) is 2.79. The van der Waals surface area contributed by atoms with Crippen molar-refractivity contribution < 1.29 is 14.9 Å². The zero-order valence-electron chi connectivity index (χ0n) is 14.8. The van der Waals surface area contributed by atoms with Crippen LogP contribution in [0.25, 0.3) is 0 Å². The Bertz CT molecular complexity index is 747. The molecule has 0 bridgehead atoms. The van der Waals surface area contributed by atoms with Gasteiger partial charge in [-0.1, -0.05) is 12.1 Å². The van der Waals surface area contributed by atoms with Gasteiger partial charge in [-0.15, -0.1) is 0 Å². The van der Waals surface area contributed by atoms with Crippen molar-refractivity contribution in [2.45, 2.75) is 19.2 Å². The Labute approximate surface area is 148 Å². The second-order valence-electron chi connectivity index (χ2n) is 6.36. The number of rotatable bonds is 4. The summed E-state index contributed by atoms with van der Waals surface area (Å²) in [5.74, 6) is 0.998. The number of ether oxygens (including phenoxy) is 1. The lowest BCUT2D eigenvalue weighted by molar-refractivity contribution is 0.275. The molecular weight excluding hydrogens is 318 g/mol. The minimum Gasteiger partial charge on any atom is -0.508 e. The van der Waals surface area contributed by atoms with Gasteiger partial charge in [-0.2, -0.15) is 0 Å². The predicted molar refractivity (Wildman–Crippen MR) is 99.3 cm³/mol. The third-order valence-corrected chi connectivity index (χ3v) is 4.66. The van der Waals surface area contributed by atoms with Crippen LogP contribution in [0.15, 0.2) is 30.3 Å². The van der Waals surface area contributed by atoms with Crippen molar-refractivity contribution in [2.24, 2.45) is 0 Å². The van der Waals surface area contributed by atoms with Gasteiger partial charge in [0.2, 0.25) is 0 Å². The van der Waals surface area contributed by atoms with E-state index in [1.165, 1.54) is 0 Å². The fourth-order valence-electron chi connectivity index (χ4n) is 3.39. The number of hydrogen-bond acceptors (Lipinski definition) is 6. The molecule has 1 heterocycles. The van der Waals surface area contributed by atoms with Gasteiger partial charge in [0.25, 0.3) is 0 Å². The van der Waals surface area contributed by atoms with E-state index in [9.17, 15) is 10.2 Å². The van der Waals surface area contributed by atoms with Crippen molar-refractivity contribution in [3.63, 3.8) is 0 Å². The molecule has 0 saturated carbocycles. The standard InChI is InChI=1S/C19H25N3O3/c1-20-16-8-13(11-23)15-9-22(2)10-17(21-18(15)19(16)25-3)12-4-6-14(24)7-5-12/h4-8,17,20-21,23-24H,9-11H2,1-3H3/t17-/m0/s1. The summed E-state index contributed by atoms with van der Waals surface area (Å²) in [6.07, 6.45) is 0. The molecule has 2 aromatic rings. The molecule has 0 fully saturated rings. The molecule has 6 heteroatoms. The Hall–Kier alpha value is -2.44. The van der Waals surface area contributed by atoms with E-state index < -0.39 is 0 Å². The Balaban J connectivity index is 2.11. The fourth-order valence-corrected chi connectivity index (χ4v) is 3.39. The molecule has 0 spiro atoms. The van der Waals surface area contributed by atoms with E-state index in [-0.39, 0.29) is 18.4 Å². The SMILES string of the molecule is CNc1cc(CO)c2c(c1OC)N[C@H](c1ccc(O)cc1)CN(C)C2. The van der Waals surface area contributed by atoms with Gasteiger partial charge >= 0.3 is 0 Å². The molecule has 3 rings (SSSR count). The summed E-state index contributed by atoms with van der Waals surface area (Å²) in [4.78, 5) is 2.22. The number of hydrogen-bond donors (Lipinski definition) is 4. The first-order chi connectivity index (χ1) is 12.1. The van der Waals surface area contributed by atoms with Crippen LogP contribution in [0.1, 0.15) is 22.7 Å². The summed E-state index contributed by atoms with van der Waals surface area (Å²) in [7, 11) is 5.55. The van der Waals surface area contributed by atoms with Gasteiger partial charge in [0.05, 0.1) is 31.1 Å². The Kier molecular flexibility index (Phi) is 5.01. The Morgan fingerprint density at radius 2 is 2.04 bits per heavy atom. The Morgan fingerprint density at radius 3 is 2.64 bits per heavy atom. The highest BCUT2D eigenvalue weighted by Crippen LogP contribution is 2.42. The first-order valence-corrected chi connectivity index (χ1v) is 8.32. The second kappa shape index (κ2) is 7.21. The number of phenolic OH excluding ortho intramolecular Hbond substituents is 1. The van der Waals surface area contributed by atoms with Crippen LogP contribution in [0.3, 0.4) is 0 Å². The molecule has 4 N–H and O–H groups in total. The van der Waals surface area contributed by atoms with Crippen LogP contribution in [0.2, 0.25) is 0 Å². The third kappa shape index (κ3) is 3.36. The first kappa shape index (κ1) is 17.4. The van der Waals surface area contributed by atoms with E-state index in [0.29, 0.717) is 6.54 Å². The van der Waals surface area contributed by atoms with Crippen LogP contribution in [-0.4, -0.2) is 42.9 Å². The fraction of sp³-hybridized carbons (Fsp3) is 0.368. The zero-order chi connectivity index (χ0) is 18.0. The highest BCUT2D eigenvalue weighted by Gasteiger charge is 2.26. The number of aliphatic hydroxyl groups excluding tert-OH is 1. The first-order valence-electron chi connectivity index (χ1n) is 8.32. The molecule has 0 radical (unpaired) electrons. The molecule has 0 aliphatic carbocycles. The number of phenols is 1. The van der Waals surface area contributed by atoms with E-state index in [4.69, 9.17) is 4.74 Å². The van der Waals surface area contributed by atoms with E-state index in [1.54, 1.807) is 19.2 Å². The summed E-state index contributed by atoms with van der Waals surface area (Å²) in [6.45, 7) is 1.48. The molecular formula is C19H25N3O3. The summed E-state index contributed by atoms with van der Waals surface area (Å²) >= 11 is 0. The number of nitrogens with zero attached hydrogens (tertiary/aromatic N) is 1. The van der Waals surface area contributed by atoms with Crippen molar-refractivity contribution in [1.29, 1.82) is 0 Å². The molecule has 134 valence electrons. The van der Waals surface area contributed by atoms with Crippen LogP contribution in [0, 0.1) is 0 Å². The number of anilines is 2. The van der Waals surface area contributed by atoms with E-state index in [0.717, 1.165) is 40.4 Å². The lowest BCUT2D eigenvalue weighted by atomic mass is 10.0. The van der Waals surface area contributed by atoms with Gasteiger partial charge in [0, 0.05) is 20.1 Å². The molecule has 1 atom stereocenters. The number of fused-ring (bicyclic) bond motifs is 1. The molecule has 6 nitrogen and oxygen atoms in total. The summed E-state index contributed by atoms with van der Waals surface area (Å²) in [6, 6.07) is 9.22. The third-order valence-electron chi connectivity index (χ3n) is 4.66. The summed E-state index contributed by atoms with van der Waals surface area (Å²) in [5, 5.41) is 26.1. The number of aromatic hydroxyl groups is 1. The minimum absolute atomic E-state index is 0.0274. The number of benzene rings is 2. The quantitative estimate of drug-likeness (QED) is 0.683. The minimum atomic E-state index is -0.0274. The van der Waals surface area contributed by atoms with Crippen molar-refractivity contribution >= 4 is 11.4 Å². The Morgan fingerprint density at radius 1 is 1.32 bits per heavy atom. The lowest BCUT2D eigenvalue weighted by Gasteiger charge is -2.23. The number of methoxy groups -OCH3 is 1. The van der Waals surface area contributed by atoms with Crippen LogP contribution < -0.4 is 15.4 Å². The topological polar surface area (TPSA) is 77.0 Å². The number of likely N-dealkylation sites (N-methyl/N-ethyl adjacent to an activating group) is 1. The lowest BCUT2D eigenvalue weighted by Crippen LogP contribution is -2.25. The molecule has 1 aliphatic heterocycles. The van der Waals surface area contributed by atoms with E-state index >= 15 is 0 Å². The molecule has 0 unspecified atom stereocenters. The molecule has 0 aromatic heterocycles. The largest absolute Gasteiger partial charge is 0.508 e. The molecule has 25 heavy (non-hydrogen) atoms. The van der Waals surface area contributed by atoms with Crippen molar-refractivity contribution in [2.75, 3.05) is 38.4 Å². The van der Waals surface area contributed by atoms with Gasteiger partial charge in [-0.3, -0.25) is 4.90 Å². The molecule has 1 aliphatic rings. The molecule has 0 saturated heterocycles.